The van der Waals surface area contributed by atoms with Crippen LogP contribution in [-0.2, 0) is 6.61 Å². The maximum atomic E-state index is 8.91. The summed E-state index contributed by atoms with van der Waals surface area (Å²) in [5, 5.41) is 9.75. The fourth-order valence-electron chi connectivity index (χ4n) is 1.40. The Hall–Kier alpha value is -0.530. The van der Waals surface area contributed by atoms with E-state index in [-0.39, 0.29) is 6.61 Å². The molecule has 0 spiro atoms. The first-order valence-electron chi connectivity index (χ1n) is 4.20. The molecule has 0 heterocycles. The first kappa shape index (κ1) is 8.09. The predicted molar refractivity (Wildman–Crippen MR) is 49.3 cm³/mol. The number of aliphatic hydroxyl groups excluding tert-OH is 1. The van der Waals surface area contributed by atoms with Crippen LogP contribution in [0.15, 0.2) is 18.2 Å². The Balaban J connectivity index is 2.36. The summed E-state index contributed by atoms with van der Waals surface area (Å²) in [7, 11) is 0. The lowest BCUT2D eigenvalue weighted by atomic mass is 10.1. The molecular formula is C10H11ClO. The van der Waals surface area contributed by atoms with Gasteiger partial charge in [0.15, 0.2) is 0 Å². The van der Waals surface area contributed by atoms with E-state index in [2.05, 4.69) is 0 Å². The fraction of sp³-hybridized carbons (Fsp3) is 0.400. The Kier molecular flexibility index (Phi) is 2.07. The van der Waals surface area contributed by atoms with Crippen molar-refractivity contribution in [2.45, 2.75) is 25.4 Å². The number of rotatable bonds is 2. The van der Waals surface area contributed by atoms with Gasteiger partial charge in [-0.15, -0.1) is 0 Å². The van der Waals surface area contributed by atoms with Gasteiger partial charge in [0.1, 0.15) is 0 Å². The molecule has 2 heteroatoms. The SMILES string of the molecule is OCc1ccc(Cl)c(C2CC2)c1. The smallest absolute Gasteiger partial charge is 0.0681 e. The molecule has 1 aliphatic rings. The van der Waals surface area contributed by atoms with Gasteiger partial charge in [-0.25, -0.2) is 0 Å². The molecule has 0 amide bonds. The van der Waals surface area contributed by atoms with Gasteiger partial charge in [0.05, 0.1) is 6.61 Å². The highest BCUT2D eigenvalue weighted by Crippen LogP contribution is 2.43. The molecule has 1 aromatic carbocycles. The molecule has 1 fully saturated rings. The molecule has 0 aliphatic heterocycles. The van der Waals surface area contributed by atoms with E-state index >= 15 is 0 Å². The molecular weight excluding hydrogens is 172 g/mol. The first-order chi connectivity index (χ1) is 5.81. The van der Waals surface area contributed by atoms with Crippen molar-refractivity contribution in [1.29, 1.82) is 0 Å². The van der Waals surface area contributed by atoms with Crippen molar-refractivity contribution in [3.8, 4) is 0 Å². The van der Waals surface area contributed by atoms with Crippen LogP contribution >= 0.6 is 11.6 Å². The number of hydrogen-bond donors (Lipinski definition) is 1. The lowest BCUT2D eigenvalue weighted by Crippen LogP contribution is -1.87. The third-order valence-electron chi connectivity index (χ3n) is 2.26. The maximum absolute atomic E-state index is 8.91. The second-order valence-electron chi connectivity index (χ2n) is 3.29. The number of aliphatic hydroxyl groups is 1. The van der Waals surface area contributed by atoms with E-state index in [1.54, 1.807) is 0 Å². The first-order valence-corrected chi connectivity index (χ1v) is 4.58. The minimum Gasteiger partial charge on any atom is -0.392 e. The van der Waals surface area contributed by atoms with Gasteiger partial charge in [0.25, 0.3) is 0 Å². The Morgan fingerprint density at radius 3 is 2.75 bits per heavy atom. The van der Waals surface area contributed by atoms with E-state index in [0.717, 1.165) is 10.6 Å². The summed E-state index contributed by atoms with van der Waals surface area (Å²) in [5.41, 5.74) is 2.17. The molecule has 0 atom stereocenters. The van der Waals surface area contributed by atoms with Crippen molar-refractivity contribution >= 4 is 11.6 Å². The Labute approximate surface area is 77.0 Å². The van der Waals surface area contributed by atoms with Gasteiger partial charge in [-0.05, 0) is 36.0 Å². The molecule has 0 unspecified atom stereocenters. The monoisotopic (exact) mass is 182 g/mol. The van der Waals surface area contributed by atoms with Gasteiger partial charge in [-0.1, -0.05) is 23.7 Å². The predicted octanol–water partition coefficient (Wildman–Crippen LogP) is 2.71. The van der Waals surface area contributed by atoms with Crippen molar-refractivity contribution in [3.05, 3.63) is 34.3 Å². The molecule has 1 N–H and O–H groups in total. The quantitative estimate of drug-likeness (QED) is 0.746. The normalized spacial score (nSPS) is 16.5. The summed E-state index contributed by atoms with van der Waals surface area (Å²) in [5.74, 6) is 0.656. The topological polar surface area (TPSA) is 20.2 Å². The fourth-order valence-corrected chi connectivity index (χ4v) is 1.67. The molecule has 64 valence electrons. The Bertz CT molecular complexity index is 292. The molecule has 0 saturated heterocycles. The highest BCUT2D eigenvalue weighted by molar-refractivity contribution is 6.31. The summed E-state index contributed by atoms with van der Waals surface area (Å²) in [6.07, 6.45) is 2.49. The van der Waals surface area contributed by atoms with Crippen LogP contribution in [0.2, 0.25) is 5.02 Å². The van der Waals surface area contributed by atoms with E-state index in [1.807, 2.05) is 18.2 Å². The minimum atomic E-state index is 0.108. The van der Waals surface area contributed by atoms with Gasteiger partial charge >= 0.3 is 0 Å². The molecule has 2 rings (SSSR count). The molecule has 1 saturated carbocycles. The third kappa shape index (κ3) is 1.47. The van der Waals surface area contributed by atoms with Crippen LogP contribution in [-0.4, -0.2) is 5.11 Å². The van der Waals surface area contributed by atoms with Crippen LogP contribution in [0, 0.1) is 0 Å². The third-order valence-corrected chi connectivity index (χ3v) is 2.60. The molecule has 0 aromatic heterocycles. The van der Waals surface area contributed by atoms with Gasteiger partial charge in [-0.3, -0.25) is 0 Å². The largest absolute Gasteiger partial charge is 0.392 e. The summed E-state index contributed by atoms with van der Waals surface area (Å²) in [6, 6.07) is 5.76. The number of benzene rings is 1. The van der Waals surface area contributed by atoms with Crippen molar-refractivity contribution in [2.24, 2.45) is 0 Å². The van der Waals surface area contributed by atoms with Crippen LogP contribution < -0.4 is 0 Å². The summed E-state index contributed by atoms with van der Waals surface area (Å²) in [6.45, 7) is 0.108. The van der Waals surface area contributed by atoms with Gasteiger partial charge in [0, 0.05) is 5.02 Å². The van der Waals surface area contributed by atoms with Gasteiger partial charge < -0.3 is 5.11 Å². The average molecular weight is 183 g/mol. The second-order valence-corrected chi connectivity index (χ2v) is 3.70. The number of halogens is 1. The summed E-state index contributed by atoms with van der Waals surface area (Å²) in [4.78, 5) is 0. The molecule has 0 radical (unpaired) electrons. The van der Waals surface area contributed by atoms with E-state index in [1.165, 1.54) is 18.4 Å². The van der Waals surface area contributed by atoms with Crippen LogP contribution in [0.3, 0.4) is 0 Å². The number of hydrogen-bond acceptors (Lipinski definition) is 1. The van der Waals surface area contributed by atoms with E-state index in [9.17, 15) is 0 Å². The van der Waals surface area contributed by atoms with Crippen molar-refractivity contribution in [2.75, 3.05) is 0 Å². The second kappa shape index (κ2) is 3.08. The standard InChI is InChI=1S/C10H11ClO/c11-10-4-1-7(6-12)5-9(10)8-2-3-8/h1,4-5,8,12H,2-3,6H2. The van der Waals surface area contributed by atoms with Crippen LogP contribution in [0.1, 0.15) is 29.9 Å². The zero-order valence-corrected chi connectivity index (χ0v) is 7.51. The zero-order chi connectivity index (χ0) is 8.55. The maximum Gasteiger partial charge on any atom is 0.0681 e. The molecule has 1 nitrogen and oxygen atoms in total. The lowest BCUT2D eigenvalue weighted by Gasteiger charge is -2.03. The van der Waals surface area contributed by atoms with E-state index in [4.69, 9.17) is 16.7 Å². The van der Waals surface area contributed by atoms with Crippen LogP contribution in [0.25, 0.3) is 0 Å². The summed E-state index contributed by atoms with van der Waals surface area (Å²) < 4.78 is 0. The minimum absolute atomic E-state index is 0.108. The van der Waals surface area contributed by atoms with Crippen molar-refractivity contribution in [1.82, 2.24) is 0 Å². The molecule has 0 bridgehead atoms. The van der Waals surface area contributed by atoms with E-state index in [0.29, 0.717) is 5.92 Å². The van der Waals surface area contributed by atoms with Crippen LogP contribution in [0.4, 0.5) is 0 Å². The highest BCUT2D eigenvalue weighted by Gasteiger charge is 2.25. The van der Waals surface area contributed by atoms with Crippen LogP contribution in [0.5, 0.6) is 0 Å². The Morgan fingerprint density at radius 1 is 1.42 bits per heavy atom. The van der Waals surface area contributed by atoms with Gasteiger partial charge in [-0.2, -0.15) is 0 Å². The molecule has 1 aliphatic carbocycles. The molecule has 1 aromatic rings. The van der Waals surface area contributed by atoms with Crippen molar-refractivity contribution < 1.29 is 5.11 Å². The van der Waals surface area contributed by atoms with E-state index < -0.39 is 0 Å². The van der Waals surface area contributed by atoms with Gasteiger partial charge in [0.2, 0.25) is 0 Å². The zero-order valence-electron chi connectivity index (χ0n) is 6.76. The lowest BCUT2D eigenvalue weighted by molar-refractivity contribution is 0.281. The molecule has 12 heavy (non-hydrogen) atoms. The summed E-state index contributed by atoms with van der Waals surface area (Å²) >= 11 is 6.01. The average Bonchev–Trinajstić information content (AvgIpc) is 2.88. The Morgan fingerprint density at radius 2 is 2.17 bits per heavy atom. The van der Waals surface area contributed by atoms with Crippen molar-refractivity contribution in [3.63, 3.8) is 0 Å². The highest BCUT2D eigenvalue weighted by atomic mass is 35.5.